The van der Waals surface area contributed by atoms with E-state index >= 15 is 0 Å². The minimum Gasteiger partial charge on any atom is -0.472 e. The van der Waals surface area contributed by atoms with Gasteiger partial charge in [-0.15, -0.1) is 0 Å². The van der Waals surface area contributed by atoms with Gasteiger partial charge in [0.25, 0.3) is 0 Å². The first-order valence-corrected chi connectivity index (χ1v) is 5.85. The highest BCUT2D eigenvalue weighted by Crippen LogP contribution is 2.20. The Morgan fingerprint density at radius 1 is 1.26 bits per heavy atom. The molecular formula is C15H13FN2O. The zero-order valence-corrected chi connectivity index (χ0v) is 10.8. The second-order valence-electron chi connectivity index (χ2n) is 4.29. The van der Waals surface area contributed by atoms with Crippen LogP contribution in [0, 0.1) is 31.0 Å². The number of aromatic nitrogens is 1. The van der Waals surface area contributed by atoms with E-state index in [2.05, 4.69) is 11.1 Å². The fourth-order valence-electron chi connectivity index (χ4n) is 1.78. The SMILES string of the molecule is Cc1cc(C)c(C#N)c(OCc2ccc(F)cc2)n1. The molecule has 2 rings (SSSR count). The lowest BCUT2D eigenvalue weighted by molar-refractivity contribution is 0.292. The van der Waals surface area contributed by atoms with Crippen LogP contribution in [-0.4, -0.2) is 4.98 Å². The van der Waals surface area contributed by atoms with Gasteiger partial charge in [-0.05, 0) is 43.2 Å². The number of nitrogens with zero attached hydrogens (tertiary/aromatic N) is 2. The van der Waals surface area contributed by atoms with Crippen LogP contribution in [-0.2, 0) is 6.61 Å². The van der Waals surface area contributed by atoms with Gasteiger partial charge in [-0.3, -0.25) is 0 Å². The predicted molar refractivity (Wildman–Crippen MR) is 69.2 cm³/mol. The van der Waals surface area contributed by atoms with Crippen molar-refractivity contribution in [2.75, 3.05) is 0 Å². The molecule has 0 atom stereocenters. The lowest BCUT2D eigenvalue weighted by atomic mass is 10.1. The summed E-state index contributed by atoms with van der Waals surface area (Å²) in [6, 6.07) is 9.96. The van der Waals surface area contributed by atoms with Crippen molar-refractivity contribution >= 4 is 0 Å². The number of hydrogen-bond donors (Lipinski definition) is 0. The topological polar surface area (TPSA) is 45.9 Å². The quantitative estimate of drug-likeness (QED) is 0.846. The molecule has 1 aromatic carbocycles. The molecule has 0 unspecified atom stereocenters. The molecule has 0 N–H and O–H groups in total. The molecule has 0 bridgehead atoms. The molecule has 4 heteroatoms. The van der Waals surface area contributed by atoms with Crippen LogP contribution in [0.25, 0.3) is 0 Å². The minimum atomic E-state index is -0.286. The number of hydrogen-bond acceptors (Lipinski definition) is 3. The Balaban J connectivity index is 2.20. The van der Waals surface area contributed by atoms with E-state index in [0.717, 1.165) is 16.8 Å². The van der Waals surface area contributed by atoms with Crippen molar-refractivity contribution in [2.24, 2.45) is 0 Å². The molecule has 0 amide bonds. The molecule has 3 nitrogen and oxygen atoms in total. The van der Waals surface area contributed by atoms with E-state index in [1.807, 2.05) is 19.9 Å². The zero-order valence-electron chi connectivity index (χ0n) is 10.8. The Morgan fingerprint density at radius 2 is 1.95 bits per heavy atom. The monoisotopic (exact) mass is 256 g/mol. The van der Waals surface area contributed by atoms with E-state index < -0.39 is 0 Å². The Kier molecular flexibility index (Phi) is 3.76. The number of benzene rings is 1. The van der Waals surface area contributed by atoms with Crippen LogP contribution in [0.15, 0.2) is 30.3 Å². The standard InChI is InChI=1S/C15H13FN2O/c1-10-7-11(2)18-15(14(10)8-17)19-9-12-3-5-13(16)6-4-12/h3-7H,9H2,1-2H3. The van der Waals surface area contributed by atoms with E-state index in [1.54, 1.807) is 12.1 Å². The highest BCUT2D eigenvalue weighted by molar-refractivity contribution is 5.45. The first-order valence-electron chi connectivity index (χ1n) is 5.85. The van der Waals surface area contributed by atoms with Crippen molar-refractivity contribution < 1.29 is 9.13 Å². The third-order valence-electron chi connectivity index (χ3n) is 2.71. The Labute approximate surface area is 111 Å². The molecule has 1 aromatic heterocycles. The van der Waals surface area contributed by atoms with Gasteiger partial charge in [0.15, 0.2) is 0 Å². The molecule has 0 fully saturated rings. The summed E-state index contributed by atoms with van der Waals surface area (Å²) in [6.45, 7) is 3.95. The molecule has 0 spiro atoms. The van der Waals surface area contributed by atoms with Crippen LogP contribution in [0.2, 0.25) is 0 Å². The third-order valence-corrected chi connectivity index (χ3v) is 2.71. The van der Waals surface area contributed by atoms with Crippen molar-refractivity contribution in [1.29, 1.82) is 5.26 Å². The molecular weight excluding hydrogens is 243 g/mol. The molecule has 0 radical (unpaired) electrons. The Bertz CT molecular complexity index is 630. The number of ether oxygens (including phenoxy) is 1. The fraction of sp³-hybridized carbons (Fsp3) is 0.200. The van der Waals surface area contributed by atoms with Gasteiger partial charge < -0.3 is 4.74 Å². The third kappa shape index (κ3) is 3.08. The highest BCUT2D eigenvalue weighted by atomic mass is 19.1. The average molecular weight is 256 g/mol. The maximum Gasteiger partial charge on any atom is 0.232 e. The van der Waals surface area contributed by atoms with Gasteiger partial charge in [0.05, 0.1) is 0 Å². The second-order valence-corrected chi connectivity index (χ2v) is 4.29. The summed E-state index contributed by atoms with van der Waals surface area (Å²) < 4.78 is 18.3. The summed E-state index contributed by atoms with van der Waals surface area (Å²) >= 11 is 0. The normalized spacial score (nSPS) is 10.0. The predicted octanol–water partition coefficient (Wildman–Crippen LogP) is 3.29. The van der Waals surface area contributed by atoms with E-state index in [0.29, 0.717) is 11.4 Å². The second kappa shape index (κ2) is 5.49. The van der Waals surface area contributed by atoms with Crippen LogP contribution in [0.4, 0.5) is 4.39 Å². The lowest BCUT2D eigenvalue weighted by Crippen LogP contribution is -2.02. The van der Waals surface area contributed by atoms with Gasteiger partial charge in [0, 0.05) is 5.69 Å². The molecule has 0 aliphatic heterocycles. The van der Waals surface area contributed by atoms with E-state index in [1.165, 1.54) is 12.1 Å². The van der Waals surface area contributed by atoms with E-state index in [9.17, 15) is 4.39 Å². The van der Waals surface area contributed by atoms with Crippen LogP contribution in [0.1, 0.15) is 22.4 Å². The Morgan fingerprint density at radius 3 is 2.58 bits per heavy atom. The average Bonchev–Trinajstić information content (AvgIpc) is 2.37. The number of halogens is 1. The molecule has 0 aliphatic carbocycles. The number of rotatable bonds is 3. The molecule has 2 aromatic rings. The number of aryl methyl sites for hydroxylation is 2. The molecule has 96 valence electrons. The van der Waals surface area contributed by atoms with E-state index in [-0.39, 0.29) is 12.4 Å². The smallest absolute Gasteiger partial charge is 0.232 e. The molecule has 0 saturated carbocycles. The van der Waals surface area contributed by atoms with Crippen LogP contribution in [0.5, 0.6) is 5.88 Å². The van der Waals surface area contributed by atoms with Gasteiger partial charge in [0.1, 0.15) is 24.1 Å². The molecule has 0 aliphatic rings. The maximum atomic E-state index is 12.8. The summed E-state index contributed by atoms with van der Waals surface area (Å²) in [5.74, 6) is 0.0373. The zero-order chi connectivity index (χ0) is 13.8. The van der Waals surface area contributed by atoms with E-state index in [4.69, 9.17) is 10.00 Å². The number of nitriles is 1. The Hall–Kier alpha value is -2.41. The van der Waals surface area contributed by atoms with Crippen molar-refractivity contribution in [1.82, 2.24) is 4.98 Å². The van der Waals surface area contributed by atoms with Crippen LogP contribution >= 0.6 is 0 Å². The minimum absolute atomic E-state index is 0.255. The fourth-order valence-corrected chi connectivity index (χ4v) is 1.78. The van der Waals surface area contributed by atoms with Gasteiger partial charge >= 0.3 is 0 Å². The van der Waals surface area contributed by atoms with Gasteiger partial charge in [0.2, 0.25) is 5.88 Å². The van der Waals surface area contributed by atoms with Gasteiger partial charge in [-0.1, -0.05) is 12.1 Å². The first-order chi connectivity index (χ1) is 9.10. The summed E-state index contributed by atoms with van der Waals surface area (Å²) in [4.78, 5) is 4.22. The molecule has 19 heavy (non-hydrogen) atoms. The van der Waals surface area contributed by atoms with Crippen molar-refractivity contribution in [3.05, 3.63) is 58.5 Å². The maximum absolute atomic E-state index is 12.8. The summed E-state index contributed by atoms with van der Waals surface area (Å²) in [7, 11) is 0. The number of pyridine rings is 1. The summed E-state index contributed by atoms with van der Waals surface area (Å²) in [6.07, 6.45) is 0. The van der Waals surface area contributed by atoms with Crippen molar-refractivity contribution in [2.45, 2.75) is 20.5 Å². The summed E-state index contributed by atoms with van der Waals surface area (Å²) in [5.41, 5.74) is 2.90. The first kappa shape index (κ1) is 13.0. The largest absolute Gasteiger partial charge is 0.472 e. The molecule has 1 heterocycles. The lowest BCUT2D eigenvalue weighted by Gasteiger charge is -2.09. The summed E-state index contributed by atoms with van der Waals surface area (Å²) in [5, 5.41) is 9.10. The van der Waals surface area contributed by atoms with Crippen LogP contribution in [0.3, 0.4) is 0 Å². The van der Waals surface area contributed by atoms with Gasteiger partial charge in [-0.2, -0.15) is 5.26 Å². The highest BCUT2D eigenvalue weighted by Gasteiger charge is 2.09. The molecule has 0 saturated heterocycles. The van der Waals surface area contributed by atoms with Gasteiger partial charge in [-0.25, -0.2) is 9.37 Å². The van der Waals surface area contributed by atoms with Crippen molar-refractivity contribution in [3.8, 4) is 11.9 Å². The van der Waals surface area contributed by atoms with Crippen LogP contribution < -0.4 is 4.74 Å². The van der Waals surface area contributed by atoms with Crippen molar-refractivity contribution in [3.63, 3.8) is 0 Å².